The molecule has 1 atom stereocenters. The Balaban J connectivity index is 1.56. The summed E-state index contributed by atoms with van der Waals surface area (Å²) >= 11 is 0. The van der Waals surface area contributed by atoms with E-state index in [0.29, 0.717) is 13.0 Å². The number of rotatable bonds is 11. The standard InChI is InChI=1S/C29H38N2O6/c1-5-6-18-35-26(32)25(16-11-17-30-27(33)37-29(2,3)4)31-28(34)36-19-24-22-14-9-7-12-20(22)21-13-8-10-15-23(21)24/h7-10,12-15,24-25H,5-6,11,16-19H2,1-4H3,(H,30,33)(H,31,34). The van der Waals surface area contributed by atoms with Crippen molar-refractivity contribution in [2.75, 3.05) is 19.8 Å². The molecule has 1 unspecified atom stereocenters. The van der Waals surface area contributed by atoms with Crippen LogP contribution in [0.25, 0.3) is 11.1 Å². The summed E-state index contributed by atoms with van der Waals surface area (Å²) in [6, 6.07) is 15.3. The van der Waals surface area contributed by atoms with Gasteiger partial charge in [0.1, 0.15) is 18.2 Å². The lowest BCUT2D eigenvalue weighted by atomic mass is 9.98. The first-order chi connectivity index (χ1) is 17.7. The highest BCUT2D eigenvalue weighted by Gasteiger charge is 2.30. The Morgan fingerprint density at radius 2 is 1.51 bits per heavy atom. The van der Waals surface area contributed by atoms with Crippen LogP contribution in [-0.4, -0.2) is 49.6 Å². The average molecular weight is 511 g/mol. The number of carbonyl (C=O) groups excluding carboxylic acids is 3. The largest absolute Gasteiger partial charge is 0.464 e. The Kier molecular flexibility index (Phi) is 9.94. The fourth-order valence-electron chi connectivity index (χ4n) is 4.26. The number of carbonyl (C=O) groups is 3. The molecule has 0 heterocycles. The summed E-state index contributed by atoms with van der Waals surface area (Å²) in [5.74, 6) is -0.592. The Morgan fingerprint density at radius 1 is 0.892 bits per heavy atom. The zero-order valence-electron chi connectivity index (χ0n) is 22.2. The van der Waals surface area contributed by atoms with Crippen molar-refractivity contribution in [3.05, 3.63) is 59.7 Å². The molecule has 0 saturated heterocycles. The minimum Gasteiger partial charge on any atom is -0.464 e. The van der Waals surface area contributed by atoms with Gasteiger partial charge in [0.2, 0.25) is 0 Å². The number of benzene rings is 2. The van der Waals surface area contributed by atoms with Gasteiger partial charge in [-0.25, -0.2) is 14.4 Å². The Labute approximate surface area is 219 Å². The summed E-state index contributed by atoms with van der Waals surface area (Å²) in [6.07, 6.45) is 1.14. The van der Waals surface area contributed by atoms with Gasteiger partial charge in [-0.15, -0.1) is 0 Å². The van der Waals surface area contributed by atoms with E-state index < -0.39 is 29.8 Å². The van der Waals surface area contributed by atoms with E-state index in [1.807, 2.05) is 43.3 Å². The maximum atomic E-state index is 12.7. The van der Waals surface area contributed by atoms with Gasteiger partial charge in [0.25, 0.3) is 0 Å². The molecule has 2 aromatic carbocycles. The van der Waals surface area contributed by atoms with Crippen LogP contribution in [-0.2, 0) is 19.0 Å². The van der Waals surface area contributed by atoms with Crippen LogP contribution in [0.1, 0.15) is 70.4 Å². The van der Waals surface area contributed by atoms with Crippen molar-refractivity contribution in [3.8, 4) is 11.1 Å². The summed E-state index contributed by atoms with van der Waals surface area (Å²) in [7, 11) is 0. The molecular formula is C29H38N2O6. The molecule has 0 fully saturated rings. The van der Waals surface area contributed by atoms with E-state index in [-0.39, 0.29) is 25.6 Å². The van der Waals surface area contributed by atoms with Gasteiger partial charge in [-0.2, -0.15) is 0 Å². The second kappa shape index (κ2) is 13.1. The van der Waals surface area contributed by atoms with Gasteiger partial charge in [-0.05, 0) is 62.3 Å². The van der Waals surface area contributed by atoms with Gasteiger partial charge < -0.3 is 24.8 Å². The third kappa shape index (κ3) is 8.23. The van der Waals surface area contributed by atoms with E-state index in [0.717, 1.165) is 35.1 Å². The van der Waals surface area contributed by atoms with Crippen LogP contribution in [0.3, 0.4) is 0 Å². The summed E-state index contributed by atoms with van der Waals surface area (Å²) in [5, 5.41) is 5.33. The van der Waals surface area contributed by atoms with E-state index in [1.54, 1.807) is 20.8 Å². The van der Waals surface area contributed by atoms with Crippen molar-refractivity contribution >= 4 is 18.2 Å². The average Bonchev–Trinajstić information content (AvgIpc) is 3.17. The van der Waals surface area contributed by atoms with Gasteiger partial charge in [-0.3, -0.25) is 0 Å². The minimum atomic E-state index is -0.882. The lowest BCUT2D eigenvalue weighted by molar-refractivity contribution is -0.146. The highest BCUT2D eigenvalue weighted by molar-refractivity contribution is 5.82. The van der Waals surface area contributed by atoms with E-state index in [9.17, 15) is 14.4 Å². The smallest absolute Gasteiger partial charge is 0.407 e. The van der Waals surface area contributed by atoms with Crippen LogP contribution in [0.2, 0.25) is 0 Å². The first-order valence-corrected chi connectivity index (χ1v) is 12.9. The first kappa shape index (κ1) is 28.0. The van der Waals surface area contributed by atoms with Crippen LogP contribution >= 0.6 is 0 Å². The highest BCUT2D eigenvalue weighted by atomic mass is 16.6. The van der Waals surface area contributed by atoms with Crippen molar-refractivity contribution in [2.45, 2.75) is 70.9 Å². The highest BCUT2D eigenvalue weighted by Crippen LogP contribution is 2.44. The zero-order chi connectivity index (χ0) is 26.8. The molecule has 0 spiro atoms. The summed E-state index contributed by atoms with van der Waals surface area (Å²) < 4.78 is 16.2. The predicted molar refractivity (Wildman–Crippen MR) is 141 cm³/mol. The zero-order valence-corrected chi connectivity index (χ0v) is 22.2. The lowest BCUT2D eigenvalue weighted by Gasteiger charge is -2.21. The topological polar surface area (TPSA) is 103 Å². The quantitative estimate of drug-likeness (QED) is 0.234. The molecule has 0 aromatic heterocycles. The fraction of sp³-hybridized carbons (Fsp3) is 0.483. The molecule has 8 heteroatoms. The van der Waals surface area contributed by atoms with Crippen molar-refractivity contribution in [2.24, 2.45) is 0 Å². The number of amides is 2. The normalized spacial score (nSPS) is 13.2. The number of nitrogens with one attached hydrogen (secondary N) is 2. The summed E-state index contributed by atoms with van der Waals surface area (Å²) in [6.45, 7) is 8.09. The SMILES string of the molecule is CCCCOC(=O)C(CCCNC(=O)OC(C)(C)C)NC(=O)OCC1c2ccccc2-c2ccccc21. The number of esters is 1. The molecule has 37 heavy (non-hydrogen) atoms. The molecule has 3 rings (SSSR count). The maximum Gasteiger partial charge on any atom is 0.407 e. The van der Waals surface area contributed by atoms with Crippen molar-refractivity contribution in [1.82, 2.24) is 10.6 Å². The Bertz CT molecular complexity index is 1030. The molecule has 2 N–H and O–H groups in total. The minimum absolute atomic E-state index is 0.0777. The molecule has 0 radical (unpaired) electrons. The van der Waals surface area contributed by atoms with Crippen molar-refractivity contribution < 1.29 is 28.6 Å². The molecule has 0 bridgehead atoms. The van der Waals surface area contributed by atoms with E-state index >= 15 is 0 Å². The molecule has 0 saturated carbocycles. The van der Waals surface area contributed by atoms with E-state index in [4.69, 9.17) is 14.2 Å². The Hall–Kier alpha value is -3.55. The van der Waals surface area contributed by atoms with Gasteiger partial charge in [0.15, 0.2) is 0 Å². The molecule has 2 aromatic rings. The third-order valence-corrected chi connectivity index (χ3v) is 6.00. The van der Waals surface area contributed by atoms with E-state index in [1.165, 1.54) is 0 Å². The number of alkyl carbamates (subject to hydrolysis) is 2. The van der Waals surface area contributed by atoms with Gasteiger partial charge in [0, 0.05) is 12.5 Å². The lowest BCUT2D eigenvalue weighted by Crippen LogP contribution is -2.43. The molecule has 1 aliphatic rings. The van der Waals surface area contributed by atoms with Crippen LogP contribution in [0.4, 0.5) is 9.59 Å². The van der Waals surface area contributed by atoms with Crippen molar-refractivity contribution in [3.63, 3.8) is 0 Å². The van der Waals surface area contributed by atoms with Crippen LogP contribution in [0, 0.1) is 0 Å². The number of unbranched alkanes of at least 4 members (excludes halogenated alkanes) is 1. The number of fused-ring (bicyclic) bond motifs is 3. The molecule has 1 aliphatic carbocycles. The number of hydrogen-bond acceptors (Lipinski definition) is 6. The molecule has 2 amide bonds. The van der Waals surface area contributed by atoms with Gasteiger partial charge >= 0.3 is 18.2 Å². The molecular weight excluding hydrogens is 472 g/mol. The van der Waals surface area contributed by atoms with E-state index in [2.05, 4.69) is 22.8 Å². The maximum absolute atomic E-state index is 12.7. The molecule has 0 aliphatic heterocycles. The monoisotopic (exact) mass is 510 g/mol. The van der Waals surface area contributed by atoms with Crippen LogP contribution < -0.4 is 10.6 Å². The van der Waals surface area contributed by atoms with Crippen LogP contribution in [0.15, 0.2) is 48.5 Å². The fourth-order valence-corrected chi connectivity index (χ4v) is 4.26. The summed E-state index contributed by atoms with van der Waals surface area (Å²) in [5.41, 5.74) is 3.91. The molecule has 200 valence electrons. The van der Waals surface area contributed by atoms with Crippen LogP contribution in [0.5, 0.6) is 0 Å². The second-order valence-corrected chi connectivity index (χ2v) is 10.1. The predicted octanol–water partition coefficient (Wildman–Crippen LogP) is 5.54. The Morgan fingerprint density at radius 3 is 2.11 bits per heavy atom. The second-order valence-electron chi connectivity index (χ2n) is 10.1. The first-order valence-electron chi connectivity index (χ1n) is 12.9. The van der Waals surface area contributed by atoms with Gasteiger partial charge in [-0.1, -0.05) is 61.9 Å². The van der Waals surface area contributed by atoms with Crippen molar-refractivity contribution in [1.29, 1.82) is 0 Å². The third-order valence-electron chi connectivity index (χ3n) is 6.00. The number of ether oxygens (including phenoxy) is 3. The number of hydrogen-bond donors (Lipinski definition) is 2. The van der Waals surface area contributed by atoms with Gasteiger partial charge in [0.05, 0.1) is 6.61 Å². The molecule has 8 nitrogen and oxygen atoms in total. The summed E-state index contributed by atoms with van der Waals surface area (Å²) in [4.78, 5) is 37.2.